The molecule has 1 rings (SSSR count). The first-order chi connectivity index (χ1) is 8.72. The van der Waals surface area contributed by atoms with Gasteiger partial charge in [-0.2, -0.15) is 0 Å². The number of rotatable bonds is 7. The van der Waals surface area contributed by atoms with Gasteiger partial charge in [-0.25, -0.2) is 0 Å². The molecule has 18 heavy (non-hydrogen) atoms. The SMILES string of the molecule is CNC(=O)c1ccc(N(CCO)CCOC)nn1. The Bertz CT molecular complexity index is 369. The molecule has 0 aliphatic carbocycles. The first-order valence-electron chi connectivity index (χ1n) is 5.63. The van der Waals surface area contributed by atoms with E-state index in [1.165, 1.54) is 7.05 Å². The summed E-state index contributed by atoms with van der Waals surface area (Å²) in [5.74, 6) is 0.327. The van der Waals surface area contributed by atoms with Crippen molar-refractivity contribution in [3.8, 4) is 0 Å². The normalized spacial score (nSPS) is 10.2. The van der Waals surface area contributed by atoms with Crippen LogP contribution in [0.5, 0.6) is 0 Å². The molecule has 0 saturated carbocycles. The fourth-order valence-electron chi connectivity index (χ4n) is 1.41. The Kier molecular flexibility index (Phi) is 6.03. The first kappa shape index (κ1) is 14.3. The molecule has 0 aliphatic heterocycles. The highest BCUT2D eigenvalue weighted by molar-refractivity contribution is 5.91. The zero-order valence-corrected chi connectivity index (χ0v) is 10.6. The van der Waals surface area contributed by atoms with E-state index in [0.29, 0.717) is 25.5 Å². The number of anilines is 1. The van der Waals surface area contributed by atoms with Crippen LogP contribution in [0.25, 0.3) is 0 Å². The summed E-state index contributed by atoms with van der Waals surface area (Å²) in [4.78, 5) is 13.1. The van der Waals surface area contributed by atoms with E-state index in [1.807, 2.05) is 4.90 Å². The van der Waals surface area contributed by atoms with E-state index in [9.17, 15) is 4.79 Å². The molecule has 0 aliphatic rings. The van der Waals surface area contributed by atoms with Crippen LogP contribution < -0.4 is 10.2 Å². The molecule has 7 heteroatoms. The number of aliphatic hydroxyl groups is 1. The Morgan fingerprint density at radius 1 is 1.44 bits per heavy atom. The van der Waals surface area contributed by atoms with Gasteiger partial charge in [-0.3, -0.25) is 4.79 Å². The average molecular weight is 254 g/mol. The van der Waals surface area contributed by atoms with Gasteiger partial charge in [-0.15, -0.1) is 10.2 Å². The highest BCUT2D eigenvalue weighted by Gasteiger charge is 2.10. The van der Waals surface area contributed by atoms with Gasteiger partial charge >= 0.3 is 0 Å². The Balaban J connectivity index is 2.76. The first-order valence-corrected chi connectivity index (χ1v) is 5.63. The maximum absolute atomic E-state index is 11.3. The molecule has 1 aromatic heterocycles. The summed E-state index contributed by atoms with van der Waals surface area (Å²) in [7, 11) is 3.14. The lowest BCUT2D eigenvalue weighted by Gasteiger charge is -2.21. The number of amides is 1. The minimum Gasteiger partial charge on any atom is -0.395 e. The molecule has 0 fully saturated rings. The van der Waals surface area contributed by atoms with Crippen LogP contribution in [0.2, 0.25) is 0 Å². The second kappa shape index (κ2) is 7.57. The zero-order valence-electron chi connectivity index (χ0n) is 10.6. The molecular weight excluding hydrogens is 236 g/mol. The maximum Gasteiger partial charge on any atom is 0.271 e. The largest absolute Gasteiger partial charge is 0.395 e. The van der Waals surface area contributed by atoms with Crippen LogP contribution in [0, 0.1) is 0 Å². The molecule has 0 aromatic carbocycles. The van der Waals surface area contributed by atoms with Gasteiger partial charge in [0, 0.05) is 27.2 Å². The molecule has 0 atom stereocenters. The number of ether oxygens (including phenoxy) is 1. The van der Waals surface area contributed by atoms with Gasteiger partial charge in [0.1, 0.15) is 0 Å². The van der Waals surface area contributed by atoms with Gasteiger partial charge in [-0.1, -0.05) is 0 Å². The van der Waals surface area contributed by atoms with E-state index < -0.39 is 0 Å². The number of nitrogens with zero attached hydrogens (tertiary/aromatic N) is 3. The number of carbonyl (C=O) groups excluding carboxylic acids is 1. The second-order valence-corrected chi connectivity index (χ2v) is 3.56. The minimum atomic E-state index is -0.278. The van der Waals surface area contributed by atoms with Crippen molar-refractivity contribution in [1.82, 2.24) is 15.5 Å². The van der Waals surface area contributed by atoms with Gasteiger partial charge in [0.15, 0.2) is 11.5 Å². The van der Waals surface area contributed by atoms with Crippen molar-refractivity contribution in [3.05, 3.63) is 17.8 Å². The quantitative estimate of drug-likeness (QED) is 0.668. The lowest BCUT2D eigenvalue weighted by Crippen LogP contribution is -2.31. The summed E-state index contributed by atoms with van der Waals surface area (Å²) in [5, 5.41) is 19.3. The second-order valence-electron chi connectivity index (χ2n) is 3.56. The van der Waals surface area contributed by atoms with Crippen molar-refractivity contribution in [1.29, 1.82) is 0 Å². The highest BCUT2D eigenvalue weighted by Crippen LogP contribution is 2.08. The number of hydrogen-bond acceptors (Lipinski definition) is 6. The van der Waals surface area contributed by atoms with Crippen LogP contribution in [-0.2, 0) is 4.74 Å². The summed E-state index contributed by atoms with van der Waals surface area (Å²) in [6.45, 7) is 1.59. The molecule has 0 unspecified atom stereocenters. The average Bonchev–Trinajstić information content (AvgIpc) is 2.43. The van der Waals surface area contributed by atoms with Crippen molar-refractivity contribution < 1.29 is 14.6 Å². The number of aromatic nitrogens is 2. The molecule has 0 radical (unpaired) electrons. The number of methoxy groups -OCH3 is 1. The summed E-state index contributed by atoms with van der Waals surface area (Å²) in [6.07, 6.45) is 0. The zero-order chi connectivity index (χ0) is 13.4. The van der Waals surface area contributed by atoms with E-state index in [4.69, 9.17) is 9.84 Å². The van der Waals surface area contributed by atoms with Gasteiger partial charge in [0.2, 0.25) is 0 Å². The summed E-state index contributed by atoms with van der Waals surface area (Å²) >= 11 is 0. The molecule has 0 saturated heterocycles. The molecule has 7 nitrogen and oxygen atoms in total. The van der Waals surface area contributed by atoms with Gasteiger partial charge in [0.25, 0.3) is 5.91 Å². The summed E-state index contributed by atoms with van der Waals surface area (Å²) < 4.78 is 4.98. The number of aliphatic hydroxyl groups excluding tert-OH is 1. The topological polar surface area (TPSA) is 87.6 Å². The molecular formula is C11H18N4O3. The highest BCUT2D eigenvalue weighted by atomic mass is 16.5. The van der Waals surface area contributed by atoms with Crippen molar-refractivity contribution in [2.75, 3.05) is 45.4 Å². The van der Waals surface area contributed by atoms with E-state index >= 15 is 0 Å². The molecule has 0 bridgehead atoms. The van der Waals surface area contributed by atoms with E-state index in [-0.39, 0.29) is 18.2 Å². The van der Waals surface area contributed by atoms with Crippen LogP contribution in [0.15, 0.2) is 12.1 Å². The predicted octanol–water partition coefficient (Wildman–Crippen LogP) is -0.719. The van der Waals surface area contributed by atoms with Crippen LogP contribution in [0.3, 0.4) is 0 Å². The molecule has 0 spiro atoms. The van der Waals surface area contributed by atoms with Crippen LogP contribution in [-0.4, -0.2) is 61.7 Å². The lowest BCUT2D eigenvalue weighted by molar-refractivity contribution is 0.0957. The molecule has 1 heterocycles. The van der Waals surface area contributed by atoms with Crippen molar-refractivity contribution in [2.45, 2.75) is 0 Å². The minimum absolute atomic E-state index is 0.0165. The van der Waals surface area contributed by atoms with E-state index in [2.05, 4.69) is 15.5 Å². The van der Waals surface area contributed by atoms with Crippen molar-refractivity contribution in [3.63, 3.8) is 0 Å². The monoisotopic (exact) mass is 254 g/mol. The third-order valence-corrected chi connectivity index (χ3v) is 2.37. The summed E-state index contributed by atoms with van der Waals surface area (Å²) in [5.41, 5.74) is 0.261. The predicted molar refractivity (Wildman–Crippen MR) is 66.6 cm³/mol. The third kappa shape index (κ3) is 3.94. The van der Waals surface area contributed by atoms with E-state index in [0.717, 1.165) is 0 Å². The molecule has 100 valence electrons. The van der Waals surface area contributed by atoms with Gasteiger partial charge in [0.05, 0.1) is 13.2 Å². The lowest BCUT2D eigenvalue weighted by atomic mass is 10.3. The van der Waals surface area contributed by atoms with Crippen LogP contribution >= 0.6 is 0 Å². The number of carbonyl (C=O) groups is 1. The van der Waals surface area contributed by atoms with Gasteiger partial charge < -0.3 is 20.1 Å². The Morgan fingerprint density at radius 3 is 2.72 bits per heavy atom. The maximum atomic E-state index is 11.3. The molecule has 1 amide bonds. The Hall–Kier alpha value is -1.73. The summed E-state index contributed by atoms with van der Waals surface area (Å²) in [6, 6.07) is 3.29. The Labute approximate surface area is 106 Å². The number of hydrogen-bond donors (Lipinski definition) is 2. The molecule has 1 aromatic rings. The van der Waals surface area contributed by atoms with Crippen LogP contribution in [0.1, 0.15) is 10.5 Å². The fraction of sp³-hybridized carbons (Fsp3) is 0.545. The van der Waals surface area contributed by atoms with E-state index in [1.54, 1.807) is 19.2 Å². The van der Waals surface area contributed by atoms with Crippen LogP contribution in [0.4, 0.5) is 5.82 Å². The fourth-order valence-corrected chi connectivity index (χ4v) is 1.41. The van der Waals surface area contributed by atoms with Crippen molar-refractivity contribution in [2.24, 2.45) is 0 Å². The molecule has 2 N–H and O–H groups in total. The Morgan fingerprint density at radius 2 is 2.22 bits per heavy atom. The number of nitrogens with one attached hydrogen (secondary N) is 1. The third-order valence-electron chi connectivity index (χ3n) is 2.37. The standard InChI is InChI=1S/C11H18N4O3/c1-12-11(17)9-3-4-10(14-13-9)15(5-7-16)6-8-18-2/h3-4,16H,5-8H2,1-2H3,(H,12,17). The van der Waals surface area contributed by atoms with Crippen molar-refractivity contribution >= 4 is 11.7 Å². The van der Waals surface area contributed by atoms with Gasteiger partial charge in [-0.05, 0) is 12.1 Å². The smallest absolute Gasteiger partial charge is 0.271 e.